The van der Waals surface area contributed by atoms with Gasteiger partial charge in [0.2, 0.25) is 11.8 Å². The summed E-state index contributed by atoms with van der Waals surface area (Å²) < 4.78 is 5.61. The molecule has 1 saturated heterocycles. The van der Waals surface area contributed by atoms with Crippen LogP contribution in [0.1, 0.15) is 11.5 Å². The number of carbonyl (C=O) groups is 1. The van der Waals surface area contributed by atoms with E-state index in [1.165, 1.54) is 5.56 Å². The van der Waals surface area contributed by atoms with Gasteiger partial charge in [0.25, 0.3) is 0 Å². The Morgan fingerprint density at radius 2 is 1.73 bits per heavy atom. The highest BCUT2D eigenvalue weighted by molar-refractivity contribution is 5.91. The average molecular weight is 347 g/mol. The first-order valence-corrected chi connectivity index (χ1v) is 8.87. The van der Waals surface area contributed by atoms with Crippen molar-refractivity contribution in [3.63, 3.8) is 0 Å². The van der Waals surface area contributed by atoms with E-state index in [4.69, 9.17) is 4.42 Å². The first-order chi connectivity index (χ1) is 12.8. The van der Waals surface area contributed by atoms with Crippen LogP contribution in [-0.2, 0) is 11.3 Å². The fraction of sp³-hybridized carbons (Fsp3) is 0.238. The lowest BCUT2D eigenvalue weighted by atomic mass is 10.2. The third-order valence-electron chi connectivity index (χ3n) is 4.61. The minimum atomic E-state index is 0.00613. The van der Waals surface area contributed by atoms with E-state index in [9.17, 15) is 4.79 Å². The topological polar surface area (TPSA) is 49.6 Å². The predicted octanol–water partition coefficient (Wildman–Crippen LogP) is 3.19. The Bertz CT molecular complexity index is 876. The van der Waals surface area contributed by atoms with Gasteiger partial charge in [-0.1, -0.05) is 42.5 Å². The lowest BCUT2D eigenvalue weighted by Crippen LogP contribution is -2.47. The van der Waals surface area contributed by atoms with Gasteiger partial charge in [-0.05, 0) is 17.7 Å². The second kappa shape index (κ2) is 7.54. The third-order valence-corrected chi connectivity index (χ3v) is 4.61. The van der Waals surface area contributed by atoms with Crippen molar-refractivity contribution < 1.29 is 9.21 Å². The van der Waals surface area contributed by atoms with Crippen molar-refractivity contribution >= 4 is 23.1 Å². The van der Waals surface area contributed by atoms with Crippen molar-refractivity contribution in [1.82, 2.24) is 14.8 Å². The SMILES string of the molecule is O=C(/C=C/c1nc2ccccc2o1)N1CCN(Cc2ccccc2)CC1. The summed E-state index contributed by atoms with van der Waals surface area (Å²) in [6.45, 7) is 4.18. The van der Waals surface area contributed by atoms with E-state index in [1.807, 2.05) is 35.2 Å². The first kappa shape index (κ1) is 16.5. The Hall–Kier alpha value is -2.92. The van der Waals surface area contributed by atoms with Gasteiger partial charge in [-0.15, -0.1) is 0 Å². The molecule has 2 heterocycles. The molecule has 132 valence electrons. The largest absolute Gasteiger partial charge is 0.437 e. The second-order valence-corrected chi connectivity index (χ2v) is 6.44. The zero-order valence-electron chi connectivity index (χ0n) is 14.5. The van der Waals surface area contributed by atoms with Crippen molar-refractivity contribution in [3.8, 4) is 0 Å². The molecule has 1 aliphatic heterocycles. The lowest BCUT2D eigenvalue weighted by Gasteiger charge is -2.34. The number of benzene rings is 2. The van der Waals surface area contributed by atoms with Gasteiger partial charge >= 0.3 is 0 Å². The molecule has 1 amide bonds. The fourth-order valence-electron chi connectivity index (χ4n) is 3.18. The molecule has 5 heteroatoms. The summed E-state index contributed by atoms with van der Waals surface area (Å²) in [5.41, 5.74) is 2.84. The van der Waals surface area contributed by atoms with Crippen LogP contribution >= 0.6 is 0 Å². The van der Waals surface area contributed by atoms with Crippen LogP contribution in [0.25, 0.3) is 17.2 Å². The number of para-hydroxylation sites is 2. The fourth-order valence-corrected chi connectivity index (χ4v) is 3.18. The van der Waals surface area contributed by atoms with Gasteiger partial charge in [0, 0.05) is 44.9 Å². The zero-order chi connectivity index (χ0) is 17.8. The van der Waals surface area contributed by atoms with E-state index < -0.39 is 0 Å². The molecule has 1 fully saturated rings. The number of fused-ring (bicyclic) bond motifs is 1. The Balaban J connectivity index is 1.32. The molecule has 0 spiro atoms. The summed E-state index contributed by atoms with van der Waals surface area (Å²) >= 11 is 0. The maximum atomic E-state index is 12.4. The summed E-state index contributed by atoms with van der Waals surface area (Å²) in [6.07, 6.45) is 3.20. The van der Waals surface area contributed by atoms with Gasteiger partial charge in [-0.3, -0.25) is 9.69 Å². The van der Waals surface area contributed by atoms with Crippen molar-refractivity contribution in [2.75, 3.05) is 26.2 Å². The van der Waals surface area contributed by atoms with E-state index in [2.05, 4.69) is 34.1 Å². The van der Waals surface area contributed by atoms with Gasteiger partial charge in [0.05, 0.1) is 0 Å². The van der Waals surface area contributed by atoms with Gasteiger partial charge in [-0.2, -0.15) is 0 Å². The van der Waals surface area contributed by atoms with Crippen molar-refractivity contribution in [3.05, 3.63) is 72.1 Å². The van der Waals surface area contributed by atoms with Gasteiger partial charge in [0.1, 0.15) is 5.52 Å². The highest BCUT2D eigenvalue weighted by Crippen LogP contribution is 2.16. The van der Waals surface area contributed by atoms with E-state index in [0.29, 0.717) is 5.89 Å². The van der Waals surface area contributed by atoms with Crippen molar-refractivity contribution in [2.45, 2.75) is 6.54 Å². The molecule has 0 atom stereocenters. The summed E-state index contributed by atoms with van der Waals surface area (Å²) in [4.78, 5) is 21.0. The monoisotopic (exact) mass is 347 g/mol. The van der Waals surface area contributed by atoms with Gasteiger partial charge in [-0.25, -0.2) is 4.98 Å². The number of oxazole rings is 1. The van der Waals surface area contributed by atoms with Crippen LogP contribution < -0.4 is 0 Å². The maximum Gasteiger partial charge on any atom is 0.246 e. The molecule has 5 nitrogen and oxygen atoms in total. The van der Waals surface area contributed by atoms with Crippen LogP contribution in [0.3, 0.4) is 0 Å². The number of hydrogen-bond donors (Lipinski definition) is 0. The van der Waals surface area contributed by atoms with Crippen LogP contribution in [0.5, 0.6) is 0 Å². The minimum Gasteiger partial charge on any atom is -0.437 e. The number of amides is 1. The van der Waals surface area contributed by atoms with Crippen LogP contribution in [0, 0.1) is 0 Å². The van der Waals surface area contributed by atoms with Crippen LogP contribution in [0.2, 0.25) is 0 Å². The lowest BCUT2D eigenvalue weighted by molar-refractivity contribution is -0.127. The van der Waals surface area contributed by atoms with Crippen LogP contribution in [-0.4, -0.2) is 46.9 Å². The number of piperazine rings is 1. The maximum absolute atomic E-state index is 12.4. The number of carbonyl (C=O) groups excluding carboxylic acids is 1. The molecule has 4 rings (SSSR count). The van der Waals surface area contributed by atoms with Crippen molar-refractivity contribution in [2.24, 2.45) is 0 Å². The molecule has 26 heavy (non-hydrogen) atoms. The molecule has 1 aromatic heterocycles. The Kier molecular flexibility index (Phi) is 4.80. The summed E-state index contributed by atoms with van der Waals surface area (Å²) in [5.74, 6) is 0.467. The smallest absolute Gasteiger partial charge is 0.246 e. The molecule has 0 bridgehead atoms. The van der Waals surface area contributed by atoms with Crippen LogP contribution in [0.4, 0.5) is 0 Å². The number of rotatable bonds is 4. The number of nitrogens with zero attached hydrogens (tertiary/aromatic N) is 3. The summed E-state index contributed by atoms with van der Waals surface area (Å²) in [6, 6.07) is 18.0. The predicted molar refractivity (Wildman–Crippen MR) is 101 cm³/mol. The highest BCUT2D eigenvalue weighted by Gasteiger charge is 2.19. The van der Waals surface area contributed by atoms with E-state index in [0.717, 1.165) is 43.8 Å². The first-order valence-electron chi connectivity index (χ1n) is 8.87. The average Bonchev–Trinajstić information content (AvgIpc) is 3.10. The standard InChI is InChI=1S/C21H21N3O2/c25-21(11-10-20-22-18-8-4-5-9-19(18)26-20)24-14-12-23(13-15-24)16-17-6-2-1-3-7-17/h1-11H,12-16H2/b11-10+. The van der Waals surface area contributed by atoms with Crippen LogP contribution in [0.15, 0.2) is 65.1 Å². The second-order valence-electron chi connectivity index (χ2n) is 6.44. The van der Waals surface area contributed by atoms with Gasteiger partial charge in [0.15, 0.2) is 5.58 Å². The van der Waals surface area contributed by atoms with E-state index >= 15 is 0 Å². The molecular weight excluding hydrogens is 326 g/mol. The Morgan fingerprint density at radius 3 is 2.50 bits per heavy atom. The molecular formula is C21H21N3O2. The van der Waals surface area contributed by atoms with Crippen molar-refractivity contribution in [1.29, 1.82) is 0 Å². The molecule has 0 N–H and O–H groups in total. The normalized spacial score (nSPS) is 15.8. The highest BCUT2D eigenvalue weighted by atomic mass is 16.3. The zero-order valence-corrected chi connectivity index (χ0v) is 14.5. The molecule has 0 radical (unpaired) electrons. The summed E-state index contributed by atoms with van der Waals surface area (Å²) in [5, 5.41) is 0. The molecule has 0 saturated carbocycles. The molecule has 0 aliphatic carbocycles. The molecule has 3 aromatic rings. The molecule has 1 aliphatic rings. The number of aromatic nitrogens is 1. The summed E-state index contributed by atoms with van der Waals surface area (Å²) in [7, 11) is 0. The molecule has 0 unspecified atom stereocenters. The number of hydrogen-bond acceptors (Lipinski definition) is 4. The Labute approximate surface area is 152 Å². The Morgan fingerprint density at radius 1 is 1.00 bits per heavy atom. The minimum absolute atomic E-state index is 0.00613. The van der Waals surface area contributed by atoms with Gasteiger partial charge < -0.3 is 9.32 Å². The third kappa shape index (κ3) is 3.83. The quantitative estimate of drug-likeness (QED) is 0.680. The molecule has 2 aromatic carbocycles. The van der Waals surface area contributed by atoms with E-state index in [1.54, 1.807) is 12.2 Å². The van der Waals surface area contributed by atoms with E-state index in [-0.39, 0.29) is 5.91 Å².